The van der Waals surface area contributed by atoms with Gasteiger partial charge in [0.1, 0.15) is 0 Å². The van der Waals surface area contributed by atoms with Crippen LogP contribution in [-0.2, 0) is 5.41 Å². The summed E-state index contributed by atoms with van der Waals surface area (Å²) in [6.07, 6.45) is 3.06. The van der Waals surface area contributed by atoms with E-state index in [1.165, 1.54) is 5.56 Å². The molecule has 0 amide bonds. The predicted octanol–water partition coefficient (Wildman–Crippen LogP) is 3.10. The van der Waals surface area contributed by atoms with Crippen molar-refractivity contribution in [3.63, 3.8) is 0 Å². The zero-order valence-corrected chi connectivity index (χ0v) is 11.9. The largest absolute Gasteiger partial charge is 0.396 e. The van der Waals surface area contributed by atoms with Crippen LogP contribution in [0.3, 0.4) is 0 Å². The Bertz CT molecular complexity index is 321. The number of hydrogen-bond acceptors (Lipinski definition) is 2. The number of rotatable bonds is 8. The fourth-order valence-electron chi connectivity index (χ4n) is 2.43. The highest BCUT2D eigenvalue weighted by Crippen LogP contribution is 2.27. The number of unbranched alkanes of at least 4 members (excludes halogenated alkanes) is 1. The van der Waals surface area contributed by atoms with Gasteiger partial charge in [0.2, 0.25) is 0 Å². The summed E-state index contributed by atoms with van der Waals surface area (Å²) in [5, 5.41) is 12.3. The van der Waals surface area contributed by atoms with Gasteiger partial charge in [0.15, 0.2) is 0 Å². The van der Waals surface area contributed by atoms with Crippen molar-refractivity contribution in [2.75, 3.05) is 13.2 Å². The van der Waals surface area contributed by atoms with Gasteiger partial charge < -0.3 is 10.4 Å². The molecule has 0 aliphatic rings. The molecule has 18 heavy (non-hydrogen) atoms. The molecular weight excluding hydrogens is 222 g/mol. The summed E-state index contributed by atoms with van der Waals surface area (Å²) < 4.78 is 0. The van der Waals surface area contributed by atoms with Crippen molar-refractivity contribution < 1.29 is 5.11 Å². The third kappa shape index (κ3) is 5.19. The van der Waals surface area contributed by atoms with Crippen molar-refractivity contribution in [3.05, 3.63) is 35.9 Å². The van der Waals surface area contributed by atoms with Crippen LogP contribution < -0.4 is 5.32 Å². The number of aliphatic hydroxyl groups excluding tert-OH is 1. The molecule has 1 rings (SSSR count). The minimum absolute atomic E-state index is 0.199. The molecule has 102 valence electrons. The second kappa shape index (κ2) is 7.55. The van der Waals surface area contributed by atoms with Gasteiger partial charge >= 0.3 is 0 Å². The Labute approximate surface area is 111 Å². The van der Waals surface area contributed by atoms with E-state index in [2.05, 4.69) is 56.4 Å². The lowest BCUT2D eigenvalue weighted by Gasteiger charge is -2.29. The molecule has 0 heterocycles. The summed E-state index contributed by atoms with van der Waals surface area (Å²) in [6, 6.07) is 11.2. The maximum Gasteiger partial charge on any atom is 0.0431 e. The average molecular weight is 249 g/mol. The Morgan fingerprint density at radius 3 is 2.44 bits per heavy atom. The van der Waals surface area contributed by atoms with Gasteiger partial charge in [-0.25, -0.2) is 0 Å². The molecule has 0 spiro atoms. The SMILES string of the molecule is CC(CC(C)(C)c1ccccc1)NCCCCO. The number of nitrogens with one attached hydrogen (secondary N) is 1. The lowest BCUT2D eigenvalue weighted by Crippen LogP contribution is -2.33. The van der Waals surface area contributed by atoms with Crippen molar-refractivity contribution >= 4 is 0 Å². The maximum atomic E-state index is 8.74. The summed E-state index contributed by atoms with van der Waals surface area (Å²) >= 11 is 0. The molecule has 2 heteroatoms. The fraction of sp³-hybridized carbons (Fsp3) is 0.625. The van der Waals surface area contributed by atoms with E-state index in [0.29, 0.717) is 12.6 Å². The van der Waals surface area contributed by atoms with Crippen LogP contribution in [0.25, 0.3) is 0 Å². The smallest absolute Gasteiger partial charge is 0.0431 e. The summed E-state index contributed by atoms with van der Waals surface area (Å²) in [6.45, 7) is 8.13. The van der Waals surface area contributed by atoms with Crippen LogP contribution in [0, 0.1) is 0 Å². The fourth-order valence-corrected chi connectivity index (χ4v) is 2.43. The molecule has 0 saturated heterocycles. The Morgan fingerprint density at radius 1 is 1.17 bits per heavy atom. The van der Waals surface area contributed by atoms with Crippen LogP contribution in [0.5, 0.6) is 0 Å². The Morgan fingerprint density at radius 2 is 1.83 bits per heavy atom. The molecule has 0 radical (unpaired) electrons. The predicted molar refractivity (Wildman–Crippen MR) is 77.9 cm³/mol. The minimum atomic E-state index is 0.199. The molecule has 0 saturated carbocycles. The van der Waals surface area contributed by atoms with Gasteiger partial charge in [-0.3, -0.25) is 0 Å². The van der Waals surface area contributed by atoms with Gasteiger partial charge in [0, 0.05) is 12.6 Å². The van der Waals surface area contributed by atoms with Gasteiger partial charge in [-0.2, -0.15) is 0 Å². The van der Waals surface area contributed by atoms with Crippen LogP contribution in [0.2, 0.25) is 0 Å². The lowest BCUT2D eigenvalue weighted by molar-refractivity contribution is 0.281. The molecule has 0 aromatic heterocycles. The van der Waals surface area contributed by atoms with Crippen LogP contribution in [0.1, 0.15) is 45.6 Å². The van der Waals surface area contributed by atoms with Crippen molar-refractivity contribution in [2.45, 2.75) is 51.5 Å². The molecule has 1 aromatic carbocycles. The van der Waals surface area contributed by atoms with E-state index < -0.39 is 0 Å². The molecule has 2 nitrogen and oxygen atoms in total. The highest BCUT2D eigenvalue weighted by atomic mass is 16.2. The minimum Gasteiger partial charge on any atom is -0.396 e. The van der Waals surface area contributed by atoms with Crippen LogP contribution in [-0.4, -0.2) is 24.3 Å². The first-order valence-electron chi connectivity index (χ1n) is 6.96. The lowest BCUT2D eigenvalue weighted by atomic mass is 9.79. The Balaban J connectivity index is 2.40. The summed E-state index contributed by atoms with van der Waals surface area (Å²) in [4.78, 5) is 0. The number of benzene rings is 1. The second-order valence-corrected chi connectivity index (χ2v) is 5.74. The van der Waals surface area contributed by atoms with E-state index in [4.69, 9.17) is 5.11 Å². The molecule has 1 atom stereocenters. The summed E-state index contributed by atoms with van der Waals surface area (Å²) in [7, 11) is 0. The zero-order chi connectivity index (χ0) is 13.4. The molecule has 2 N–H and O–H groups in total. The van der Waals surface area contributed by atoms with Gasteiger partial charge in [-0.05, 0) is 43.7 Å². The van der Waals surface area contributed by atoms with Crippen LogP contribution in [0.15, 0.2) is 30.3 Å². The molecule has 0 fully saturated rings. The number of aliphatic hydroxyl groups is 1. The van der Waals surface area contributed by atoms with Crippen molar-refractivity contribution in [3.8, 4) is 0 Å². The quantitative estimate of drug-likeness (QED) is 0.694. The van der Waals surface area contributed by atoms with Gasteiger partial charge in [0.25, 0.3) is 0 Å². The van der Waals surface area contributed by atoms with Crippen LogP contribution >= 0.6 is 0 Å². The normalized spacial score (nSPS) is 13.6. The monoisotopic (exact) mass is 249 g/mol. The molecular formula is C16H27NO. The van der Waals surface area contributed by atoms with E-state index in [9.17, 15) is 0 Å². The summed E-state index contributed by atoms with van der Waals surface area (Å²) in [5.41, 5.74) is 1.60. The summed E-state index contributed by atoms with van der Waals surface area (Å²) in [5.74, 6) is 0. The van der Waals surface area contributed by atoms with E-state index in [1.54, 1.807) is 0 Å². The standard InChI is InChI=1S/C16H27NO/c1-14(17-11-7-8-12-18)13-16(2,3)15-9-5-4-6-10-15/h4-6,9-10,14,17-18H,7-8,11-13H2,1-3H3. The van der Waals surface area contributed by atoms with Crippen molar-refractivity contribution in [1.29, 1.82) is 0 Å². The molecule has 1 aromatic rings. The topological polar surface area (TPSA) is 32.3 Å². The zero-order valence-electron chi connectivity index (χ0n) is 11.9. The first-order chi connectivity index (χ1) is 8.56. The first kappa shape index (κ1) is 15.2. The van der Waals surface area contributed by atoms with Gasteiger partial charge in [-0.1, -0.05) is 44.2 Å². The van der Waals surface area contributed by atoms with Crippen LogP contribution in [0.4, 0.5) is 0 Å². The van der Waals surface area contributed by atoms with Crippen molar-refractivity contribution in [1.82, 2.24) is 5.32 Å². The van der Waals surface area contributed by atoms with Gasteiger partial charge in [-0.15, -0.1) is 0 Å². The highest BCUT2D eigenvalue weighted by molar-refractivity contribution is 5.23. The number of hydrogen-bond donors (Lipinski definition) is 2. The Hall–Kier alpha value is -0.860. The second-order valence-electron chi connectivity index (χ2n) is 5.74. The molecule has 0 aliphatic carbocycles. The third-order valence-corrected chi connectivity index (χ3v) is 3.45. The van der Waals surface area contributed by atoms with E-state index >= 15 is 0 Å². The molecule has 0 bridgehead atoms. The highest BCUT2D eigenvalue weighted by Gasteiger charge is 2.22. The van der Waals surface area contributed by atoms with Gasteiger partial charge in [0.05, 0.1) is 0 Å². The van der Waals surface area contributed by atoms with E-state index in [-0.39, 0.29) is 5.41 Å². The van der Waals surface area contributed by atoms with E-state index in [0.717, 1.165) is 25.8 Å². The van der Waals surface area contributed by atoms with Crippen molar-refractivity contribution in [2.24, 2.45) is 0 Å². The third-order valence-electron chi connectivity index (χ3n) is 3.45. The van der Waals surface area contributed by atoms with E-state index in [1.807, 2.05) is 0 Å². The first-order valence-corrected chi connectivity index (χ1v) is 6.96. The molecule has 0 aliphatic heterocycles. The maximum absolute atomic E-state index is 8.74. The average Bonchev–Trinajstić information content (AvgIpc) is 2.35. The Kier molecular flexibility index (Phi) is 6.37. The molecule has 1 unspecified atom stereocenters.